The lowest BCUT2D eigenvalue weighted by Crippen LogP contribution is -2.31. The average molecular weight is 288 g/mol. The number of halogens is 2. The van der Waals surface area contributed by atoms with E-state index < -0.39 is 0 Å². The third-order valence-electron chi connectivity index (χ3n) is 2.82. The molecule has 5 heteroatoms. The maximum Gasteiger partial charge on any atom is 0.0919 e. The average Bonchev–Trinajstić information content (AvgIpc) is 2.74. The molecule has 0 bridgehead atoms. The van der Waals surface area contributed by atoms with E-state index in [4.69, 9.17) is 5.73 Å². The molecule has 0 aliphatic heterocycles. The lowest BCUT2D eigenvalue weighted by molar-refractivity contribution is 0.452. The summed E-state index contributed by atoms with van der Waals surface area (Å²) in [5, 5.41) is 4.29. The van der Waals surface area contributed by atoms with Gasteiger partial charge in [-0.2, -0.15) is 5.10 Å². The fraction of sp³-hybridized carbons (Fsp3) is 0.308. The van der Waals surface area contributed by atoms with Crippen LogP contribution in [-0.2, 0) is 0 Å². The summed E-state index contributed by atoms with van der Waals surface area (Å²) in [7, 11) is 0. The Morgan fingerprint density at radius 2 is 1.83 bits per heavy atom. The van der Waals surface area contributed by atoms with Crippen LogP contribution >= 0.6 is 24.8 Å². The molecule has 1 aromatic carbocycles. The number of hydrogen-bond acceptors (Lipinski definition) is 2. The van der Waals surface area contributed by atoms with Crippen LogP contribution in [0.2, 0.25) is 0 Å². The first-order valence-electron chi connectivity index (χ1n) is 5.50. The Hall–Kier alpha value is -1.03. The summed E-state index contributed by atoms with van der Waals surface area (Å²) in [5.74, 6) is 0. The number of rotatable bonds is 3. The Balaban J connectivity index is 0.00000144. The van der Waals surface area contributed by atoms with Crippen LogP contribution in [0.25, 0.3) is 0 Å². The number of hydrogen-bond donors (Lipinski definition) is 1. The lowest BCUT2D eigenvalue weighted by Gasteiger charge is -2.23. The fourth-order valence-electron chi connectivity index (χ4n) is 2.03. The van der Waals surface area contributed by atoms with E-state index in [-0.39, 0.29) is 36.9 Å². The monoisotopic (exact) mass is 287 g/mol. The van der Waals surface area contributed by atoms with E-state index in [1.165, 1.54) is 11.1 Å². The first-order valence-corrected chi connectivity index (χ1v) is 5.50. The molecule has 0 saturated carbocycles. The molecule has 18 heavy (non-hydrogen) atoms. The predicted molar refractivity (Wildman–Crippen MR) is 79.7 cm³/mol. The smallest absolute Gasteiger partial charge is 0.0919 e. The Morgan fingerprint density at radius 1 is 1.17 bits per heavy atom. The zero-order valence-electron chi connectivity index (χ0n) is 10.5. The zero-order valence-corrected chi connectivity index (χ0v) is 12.1. The summed E-state index contributed by atoms with van der Waals surface area (Å²) in [5.41, 5.74) is 8.56. The van der Waals surface area contributed by atoms with Crippen molar-refractivity contribution < 1.29 is 0 Å². The Kier molecular flexibility index (Phi) is 6.99. The molecule has 0 aliphatic rings. The molecule has 2 rings (SSSR count). The Labute approximate surface area is 120 Å². The van der Waals surface area contributed by atoms with Gasteiger partial charge in [0.2, 0.25) is 0 Å². The quantitative estimate of drug-likeness (QED) is 0.943. The molecule has 3 nitrogen and oxygen atoms in total. The maximum absolute atomic E-state index is 6.07. The van der Waals surface area contributed by atoms with Crippen molar-refractivity contribution in [1.82, 2.24) is 9.78 Å². The van der Waals surface area contributed by atoms with Crippen molar-refractivity contribution in [2.75, 3.05) is 0 Å². The highest BCUT2D eigenvalue weighted by molar-refractivity contribution is 5.85. The van der Waals surface area contributed by atoms with Gasteiger partial charge in [0.05, 0.1) is 6.04 Å². The normalized spacial score (nSPS) is 13.1. The summed E-state index contributed by atoms with van der Waals surface area (Å²) in [6, 6.07) is 10.4. The van der Waals surface area contributed by atoms with Crippen molar-refractivity contribution in [2.24, 2.45) is 5.73 Å². The van der Waals surface area contributed by atoms with Crippen LogP contribution in [0.15, 0.2) is 42.7 Å². The van der Waals surface area contributed by atoms with Gasteiger partial charge < -0.3 is 5.73 Å². The second-order valence-corrected chi connectivity index (χ2v) is 4.15. The third-order valence-corrected chi connectivity index (χ3v) is 2.82. The van der Waals surface area contributed by atoms with Crippen LogP contribution < -0.4 is 5.73 Å². The summed E-state index contributed by atoms with van der Waals surface area (Å²) >= 11 is 0. The van der Waals surface area contributed by atoms with Crippen molar-refractivity contribution in [3.63, 3.8) is 0 Å². The van der Waals surface area contributed by atoms with Crippen LogP contribution in [0.1, 0.15) is 24.1 Å². The first kappa shape index (κ1) is 17.0. The maximum atomic E-state index is 6.07. The second-order valence-electron chi connectivity index (χ2n) is 4.15. The highest BCUT2D eigenvalue weighted by atomic mass is 35.5. The van der Waals surface area contributed by atoms with Gasteiger partial charge in [0.15, 0.2) is 0 Å². The zero-order chi connectivity index (χ0) is 11.5. The largest absolute Gasteiger partial charge is 0.326 e. The first-order chi connectivity index (χ1) is 7.70. The van der Waals surface area contributed by atoms with E-state index >= 15 is 0 Å². The van der Waals surface area contributed by atoms with Gasteiger partial charge in [-0.1, -0.05) is 24.3 Å². The van der Waals surface area contributed by atoms with Gasteiger partial charge in [0.1, 0.15) is 0 Å². The standard InChI is InChI=1S/C13H17N3.2ClH/c1-10-6-3-4-7-12(10)13(11(2)14)16-9-5-8-15-16;;/h3-9,11,13H,14H2,1-2H3;2*1H. The van der Waals surface area contributed by atoms with Crippen molar-refractivity contribution in [2.45, 2.75) is 25.9 Å². The fourth-order valence-corrected chi connectivity index (χ4v) is 2.03. The highest BCUT2D eigenvalue weighted by Crippen LogP contribution is 2.23. The lowest BCUT2D eigenvalue weighted by atomic mass is 9.97. The van der Waals surface area contributed by atoms with Crippen molar-refractivity contribution in [3.8, 4) is 0 Å². The van der Waals surface area contributed by atoms with Gasteiger partial charge in [-0.3, -0.25) is 4.68 Å². The van der Waals surface area contributed by atoms with Gasteiger partial charge >= 0.3 is 0 Å². The van der Waals surface area contributed by atoms with Crippen LogP contribution in [0.3, 0.4) is 0 Å². The molecular formula is C13H19Cl2N3. The summed E-state index contributed by atoms with van der Waals surface area (Å²) in [6.45, 7) is 4.12. The summed E-state index contributed by atoms with van der Waals surface area (Å²) in [6.07, 6.45) is 3.74. The molecule has 0 fully saturated rings. The van der Waals surface area contributed by atoms with Crippen molar-refractivity contribution in [1.29, 1.82) is 0 Å². The number of aryl methyl sites for hydroxylation is 1. The van der Waals surface area contributed by atoms with Gasteiger partial charge in [0, 0.05) is 18.4 Å². The second kappa shape index (κ2) is 7.41. The van der Waals surface area contributed by atoms with Crippen LogP contribution in [0.4, 0.5) is 0 Å². The molecule has 0 spiro atoms. The van der Waals surface area contributed by atoms with E-state index in [1.807, 2.05) is 36.0 Å². The van der Waals surface area contributed by atoms with E-state index in [0.29, 0.717) is 0 Å². The molecule has 0 amide bonds. The van der Waals surface area contributed by atoms with Gasteiger partial charge in [0.25, 0.3) is 0 Å². The van der Waals surface area contributed by atoms with Crippen molar-refractivity contribution >= 4 is 24.8 Å². The molecule has 0 radical (unpaired) electrons. The van der Waals surface area contributed by atoms with E-state index in [9.17, 15) is 0 Å². The van der Waals surface area contributed by atoms with Crippen LogP contribution in [0, 0.1) is 6.92 Å². The predicted octanol–water partition coefficient (Wildman–Crippen LogP) is 2.97. The highest BCUT2D eigenvalue weighted by Gasteiger charge is 2.19. The van der Waals surface area contributed by atoms with E-state index in [0.717, 1.165) is 0 Å². The third kappa shape index (κ3) is 3.48. The molecule has 1 aromatic heterocycles. The Bertz CT molecular complexity index is 455. The Morgan fingerprint density at radius 3 is 2.33 bits per heavy atom. The minimum atomic E-state index is 0. The number of benzene rings is 1. The molecule has 2 aromatic rings. The molecular weight excluding hydrogens is 269 g/mol. The van der Waals surface area contributed by atoms with Crippen LogP contribution in [0.5, 0.6) is 0 Å². The molecule has 100 valence electrons. The minimum absolute atomic E-state index is 0. The van der Waals surface area contributed by atoms with Gasteiger partial charge in [-0.15, -0.1) is 24.8 Å². The summed E-state index contributed by atoms with van der Waals surface area (Å²) < 4.78 is 1.92. The molecule has 2 atom stereocenters. The SMILES string of the molecule is Cc1ccccc1C(C(C)N)n1cccn1.Cl.Cl. The minimum Gasteiger partial charge on any atom is -0.326 e. The summed E-state index contributed by atoms with van der Waals surface area (Å²) in [4.78, 5) is 0. The molecule has 0 aliphatic carbocycles. The van der Waals surface area contributed by atoms with Crippen molar-refractivity contribution in [3.05, 3.63) is 53.9 Å². The topological polar surface area (TPSA) is 43.8 Å². The number of aromatic nitrogens is 2. The molecule has 0 saturated heterocycles. The van der Waals surface area contributed by atoms with Crippen LogP contribution in [-0.4, -0.2) is 15.8 Å². The molecule has 1 heterocycles. The number of nitrogens with zero attached hydrogens (tertiary/aromatic N) is 2. The molecule has 2 unspecified atom stereocenters. The van der Waals surface area contributed by atoms with Gasteiger partial charge in [-0.25, -0.2) is 0 Å². The van der Waals surface area contributed by atoms with E-state index in [2.05, 4.69) is 24.2 Å². The van der Waals surface area contributed by atoms with E-state index in [1.54, 1.807) is 6.20 Å². The van der Waals surface area contributed by atoms with Gasteiger partial charge in [-0.05, 0) is 31.0 Å². The number of nitrogens with two attached hydrogens (primary N) is 1. The molecule has 2 N–H and O–H groups in total.